The van der Waals surface area contributed by atoms with Gasteiger partial charge in [0.25, 0.3) is 5.69 Å². The number of anilines is 1. The Hall–Kier alpha value is -3.20. The highest BCUT2D eigenvalue weighted by Crippen LogP contribution is 2.22. The van der Waals surface area contributed by atoms with Gasteiger partial charge < -0.3 is 19.8 Å². The van der Waals surface area contributed by atoms with Crippen LogP contribution in [0.15, 0.2) is 24.3 Å². The summed E-state index contributed by atoms with van der Waals surface area (Å²) in [6.07, 6.45) is 2.16. The number of nitro benzene ring substituents is 1. The molecule has 2 aromatic rings. The molecular weight excluding hydrogens is 378 g/mol. The van der Waals surface area contributed by atoms with E-state index in [0.29, 0.717) is 12.1 Å². The van der Waals surface area contributed by atoms with Crippen LogP contribution < -0.4 is 5.73 Å². The fourth-order valence-corrected chi connectivity index (χ4v) is 3.48. The SMILES string of the molecule is Cc1cc(C(=O)COC(=O)c2cc([N+](=O)[O-])ccc2N)c(C)n1C[C@@H]1CCCO1. The third-order valence-electron chi connectivity index (χ3n) is 5.09. The Labute approximate surface area is 167 Å². The predicted octanol–water partition coefficient (Wildman–Crippen LogP) is 2.81. The Kier molecular flexibility index (Phi) is 5.97. The number of carbonyl (C=O) groups is 2. The lowest BCUT2D eigenvalue weighted by atomic mass is 10.1. The van der Waals surface area contributed by atoms with Gasteiger partial charge in [-0.05, 0) is 38.8 Å². The summed E-state index contributed by atoms with van der Waals surface area (Å²) >= 11 is 0. The van der Waals surface area contributed by atoms with Crippen molar-refractivity contribution in [1.82, 2.24) is 4.57 Å². The van der Waals surface area contributed by atoms with E-state index in [1.807, 2.05) is 18.4 Å². The third kappa shape index (κ3) is 4.45. The van der Waals surface area contributed by atoms with Crippen LogP contribution in [0.5, 0.6) is 0 Å². The van der Waals surface area contributed by atoms with Crippen molar-refractivity contribution in [1.29, 1.82) is 0 Å². The predicted molar refractivity (Wildman–Crippen MR) is 105 cm³/mol. The molecule has 2 heterocycles. The Morgan fingerprint density at radius 3 is 2.72 bits per heavy atom. The summed E-state index contributed by atoms with van der Waals surface area (Å²) in [7, 11) is 0. The molecule has 0 amide bonds. The summed E-state index contributed by atoms with van der Waals surface area (Å²) in [6, 6.07) is 5.26. The molecule has 2 N–H and O–H groups in total. The lowest BCUT2D eigenvalue weighted by molar-refractivity contribution is -0.384. The van der Waals surface area contributed by atoms with Crippen molar-refractivity contribution >= 4 is 23.1 Å². The summed E-state index contributed by atoms with van der Waals surface area (Å²) in [5.41, 5.74) is 7.51. The number of nitrogens with zero attached hydrogens (tertiary/aromatic N) is 2. The maximum absolute atomic E-state index is 12.6. The van der Waals surface area contributed by atoms with Crippen LogP contribution in [0.25, 0.3) is 0 Å². The van der Waals surface area contributed by atoms with Gasteiger partial charge in [0.15, 0.2) is 6.61 Å². The number of non-ortho nitro benzene ring substituents is 1. The molecule has 154 valence electrons. The first-order valence-electron chi connectivity index (χ1n) is 9.30. The zero-order valence-corrected chi connectivity index (χ0v) is 16.3. The third-order valence-corrected chi connectivity index (χ3v) is 5.09. The van der Waals surface area contributed by atoms with Gasteiger partial charge in [0.2, 0.25) is 5.78 Å². The number of nitrogen functional groups attached to an aromatic ring is 1. The zero-order valence-electron chi connectivity index (χ0n) is 16.3. The lowest BCUT2D eigenvalue weighted by Crippen LogP contribution is -2.18. The van der Waals surface area contributed by atoms with Gasteiger partial charge in [-0.15, -0.1) is 0 Å². The average Bonchev–Trinajstić information content (AvgIpc) is 3.29. The van der Waals surface area contributed by atoms with Gasteiger partial charge in [-0.1, -0.05) is 0 Å². The van der Waals surface area contributed by atoms with Crippen molar-refractivity contribution in [3.05, 3.63) is 56.9 Å². The van der Waals surface area contributed by atoms with Crippen molar-refractivity contribution in [3.63, 3.8) is 0 Å². The van der Waals surface area contributed by atoms with E-state index in [4.69, 9.17) is 15.2 Å². The number of benzene rings is 1. The van der Waals surface area contributed by atoms with Crippen LogP contribution in [-0.4, -0.2) is 40.6 Å². The van der Waals surface area contributed by atoms with Gasteiger partial charge in [-0.25, -0.2) is 4.79 Å². The second-order valence-corrected chi connectivity index (χ2v) is 7.06. The van der Waals surface area contributed by atoms with Crippen molar-refractivity contribution in [2.45, 2.75) is 39.3 Å². The molecule has 3 rings (SSSR count). The molecule has 9 heteroatoms. The number of ether oxygens (including phenoxy) is 2. The van der Waals surface area contributed by atoms with E-state index in [9.17, 15) is 19.7 Å². The highest BCUT2D eigenvalue weighted by Gasteiger charge is 2.23. The zero-order chi connectivity index (χ0) is 21.1. The number of hydrogen-bond acceptors (Lipinski definition) is 7. The highest BCUT2D eigenvalue weighted by atomic mass is 16.6. The summed E-state index contributed by atoms with van der Waals surface area (Å²) < 4.78 is 12.8. The lowest BCUT2D eigenvalue weighted by Gasteiger charge is -2.14. The first-order valence-corrected chi connectivity index (χ1v) is 9.30. The average molecular weight is 401 g/mol. The highest BCUT2D eigenvalue weighted by molar-refractivity contribution is 6.01. The van der Waals surface area contributed by atoms with Crippen LogP contribution in [0.2, 0.25) is 0 Å². The monoisotopic (exact) mass is 401 g/mol. The van der Waals surface area contributed by atoms with Crippen molar-refractivity contribution < 1.29 is 24.0 Å². The molecule has 0 unspecified atom stereocenters. The molecule has 29 heavy (non-hydrogen) atoms. The number of aromatic nitrogens is 1. The van der Waals surface area contributed by atoms with Gasteiger partial charge in [0, 0.05) is 47.9 Å². The molecule has 9 nitrogen and oxygen atoms in total. The number of nitro groups is 1. The molecule has 0 saturated carbocycles. The Morgan fingerprint density at radius 1 is 1.31 bits per heavy atom. The van der Waals surface area contributed by atoms with Crippen molar-refractivity contribution in [2.75, 3.05) is 18.9 Å². The summed E-state index contributed by atoms with van der Waals surface area (Å²) in [5, 5.41) is 10.9. The fraction of sp³-hybridized carbons (Fsp3) is 0.400. The van der Waals surface area contributed by atoms with Crippen molar-refractivity contribution in [3.8, 4) is 0 Å². The standard InChI is InChI=1S/C20H23N3O6/c1-12-8-16(13(2)22(12)10-15-4-3-7-28-15)19(24)11-29-20(25)17-9-14(23(26)27)5-6-18(17)21/h5-6,8-9,15H,3-4,7,10-11,21H2,1-2H3/t15-/m0/s1. The molecule has 0 spiro atoms. The van der Waals surface area contributed by atoms with Gasteiger partial charge in [-0.2, -0.15) is 0 Å². The minimum Gasteiger partial charge on any atom is -0.454 e. The maximum atomic E-state index is 12.6. The molecule has 0 radical (unpaired) electrons. The second-order valence-electron chi connectivity index (χ2n) is 7.06. The molecule has 1 aliphatic rings. The summed E-state index contributed by atoms with van der Waals surface area (Å²) in [4.78, 5) is 35.1. The molecule has 1 aromatic heterocycles. The van der Waals surface area contributed by atoms with Crippen LogP contribution in [0.3, 0.4) is 0 Å². The summed E-state index contributed by atoms with van der Waals surface area (Å²) in [6.45, 7) is 4.71. The minimum atomic E-state index is -0.882. The topological polar surface area (TPSA) is 127 Å². The van der Waals surface area contributed by atoms with E-state index in [1.54, 1.807) is 6.07 Å². The number of carbonyl (C=O) groups excluding carboxylic acids is 2. The Balaban J connectivity index is 1.69. The number of hydrogen-bond donors (Lipinski definition) is 1. The van der Waals surface area contributed by atoms with Crippen LogP contribution in [0, 0.1) is 24.0 Å². The molecular formula is C20H23N3O6. The molecule has 1 saturated heterocycles. The Morgan fingerprint density at radius 2 is 2.07 bits per heavy atom. The van der Waals surface area contributed by atoms with E-state index in [2.05, 4.69) is 0 Å². The van der Waals surface area contributed by atoms with Gasteiger partial charge in [-0.3, -0.25) is 14.9 Å². The maximum Gasteiger partial charge on any atom is 0.340 e. The molecule has 0 aliphatic carbocycles. The van der Waals surface area contributed by atoms with E-state index in [-0.39, 0.29) is 28.8 Å². The molecule has 1 atom stereocenters. The van der Waals surface area contributed by atoms with Crippen LogP contribution in [-0.2, 0) is 16.0 Å². The summed E-state index contributed by atoms with van der Waals surface area (Å²) in [5.74, 6) is -1.23. The quantitative estimate of drug-likeness (QED) is 0.248. The van der Waals surface area contributed by atoms with E-state index < -0.39 is 17.5 Å². The molecule has 1 fully saturated rings. The smallest absolute Gasteiger partial charge is 0.340 e. The first kappa shape index (κ1) is 20.5. The number of Topliss-reactive ketones (excluding diaryl/α,β-unsaturated/α-hetero) is 1. The van der Waals surface area contributed by atoms with E-state index in [0.717, 1.165) is 36.9 Å². The first-order chi connectivity index (χ1) is 13.8. The molecule has 0 bridgehead atoms. The van der Waals surface area contributed by atoms with Crippen LogP contribution >= 0.6 is 0 Å². The van der Waals surface area contributed by atoms with Crippen molar-refractivity contribution in [2.24, 2.45) is 0 Å². The number of nitrogens with two attached hydrogens (primary N) is 1. The fourth-order valence-electron chi connectivity index (χ4n) is 3.48. The van der Waals surface area contributed by atoms with E-state index >= 15 is 0 Å². The van der Waals surface area contributed by atoms with Crippen LogP contribution in [0.4, 0.5) is 11.4 Å². The molecule has 1 aromatic carbocycles. The number of aryl methyl sites for hydroxylation is 1. The van der Waals surface area contributed by atoms with Gasteiger partial charge in [0.1, 0.15) is 0 Å². The Bertz CT molecular complexity index is 959. The number of rotatable bonds is 7. The van der Waals surface area contributed by atoms with Crippen LogP contribution in [0.1, 0.15) is 44.9 Å². The van der Waals surface area contributed by atoms with E-state index in [1.165, 1.54) is 12.1 Å². The second kappa shape index (κ2) is 8.44. The van der Waals surface area contributed by atoms with Gasteiger partial charge in [0.05, 0.1) is 16.6 Å². The number of ketones is 1. The van der Waals surface area contributed by atoms with Gasteiger partial charge >= 0.3 is 5.97 Å². The largest absolute Gasteiger partial charge is 0.454 e. The number of esters is 1. The normalized spacial score (nSPS) is 16.0. The minimum absolute atomic E-state index is 0.0443. The molecule has 1 aliphatic heterocycles.